The second kappa shape index (κ2) is 16.6. The summed E-state index contributed by atoms with van der Waals surface area (Å²) in [5, 5.41) is 0. The number of hydrogen-bond acceptors (Lipinski definition) is 2. The van der Waals surface area contributed by atoms with Gasteiger partial charge in [0.2, 0.25) is 9.84 Å². The number of aryl methyl sites for hydroxylation is 6. The van der Waals surface area contributed by atoms with Crippen molar-refractivity contribution in [3.8, 4) is 0 Å². The molecule has 0 aromatic heterocycles. The van der Waals surface area contributed by atoms with Crippen LogP contribution in [0.1, 0.15) is 69.5 Å². The number of sulfone groups is 1. The molecule has 0 heterocycles. The van der Waals surface area contributed by atoms with Crippen LogP contribution in [-0.4, -0.2) is 8.42 Å². The Hall–Kier alpha value is -4.73. The van der Waals surface area contributed by atoms with Crippen LogP contribution in [0.4, 0.5) is 0 Å². The molecule has 0 atom stereocenters. The van der Waals surface area contributed by atoms with E-state index in [1.807, 2.05) is 13.8 Å². The van der Waals surface area contributed by atoms with E-state index >= 15 is 0 Å². The Bertz CT molecular complexity index is 1860. The summed E-state index contributed by atoms with van der Waals surface area (Å²) in [5.74, 6) is 0. The lowest BCUT2D eigenvalue weighted by molar-refractivity contribution is 0.596. The standard InChI is InChI=1S/C17H20.C15H16.C14H14O2S/c1-13-5-9-15(10-6-13)17(3,4)16-11-7-14(2)8-12-16;1-12-3-7-14(8-4-12)11-15-9-5-13(2)6-10-15;1-11-3-7-13(8-4-11)17(15,16)14-9-5-12(2)6-10-14/h5-12H,1-4H3;3-10H,11H2,1-2H3;3-10H,1-2H3. The van der Waals surface area contributed by atoms with Crippen LogP contribution in [0.3, 0.4) is 0 Å². The van der Waals surface area contributed by atoms with Gasteiger partial charge in [0.05, 0.1) is 9.79 Å². The third-order valence-corrected chi connectivity index (χ3v) is 10.6. The molecule has 0 amide bonds. The lowest BCUT2D eigenvalue weighted by Crippen LogP contribution is -2.18. The number of rotatable bonds is 6. The number of hydrogen-bond donors (Lipinski definition) is 0. The van der Waals surface area contributed by atoms with E-state index < -0.39 is 9.84 Å². The maximum absolute atomic E-state index is 12.3. The van der Waals surface area contributed by atoms with Crippen molar-refractivity contribution in [3.05, 3.63) is 201 Å². The normalized spacial score (nSPS) is 11.1. The minimum absolute atomic E-state index is 0.0708. The van der Waals surface area contributed by atoms with Crippen LogP contribution in [0, 0.1) is 41.5 Å². The molecule has 0 saturated carbocycles. The molecule has 0 aliphatic rings. The van der Waals surface area contributed by atoms with Gasteiger partial charge in [-0.2, -0.15) is 0 Å². The zero-order chi connectivity index (χ0) is 35.6. The SMILES string of the molecule is Cc1ccc(C(C)(C)c2ccc(C)cc2)cc1.Cc1ccc(Cc2ccc(C)cc2)cc1.Cc1ccc(S(=O)(=O)c2ccc(C)cc2)cc1. The predicted molar refractivity (Wildman–Crippen MR) is 207 cm³/mol. The molecule has 6 rings (SSSR count). The lowest BCUT2D eigenvalue weighted by atomic mass is 9.78. The average molecular weight is 667 g/mol. The van der Waals surface area contributed by atoms with Gasteiger partial charge in [0, 0.05) is 5.41 Å². The van der Waals surface area contributed by atoms with E-state index in [1.165, 1.54) is 44.5 Å². The van der Waals surface area contributed by atoms with Gasteiger partial charge in [-0.15, -0.1) is 0 Å². The first-order valence-electron chi connectivity index (χ1n) is 16.9. The highest BCUT2D eigenvalue weighted by Gasteiger charge is 2.22. The maximum Gasteiger partial charge on any atom is 0.206 e. The van der Waals surface area contributed by atoms with Crippen LogP contribution in [0.25, 0.3) is 0 Å². The average Bonchev–Trinajstić information content (AvgIpc) is 3.08. The summed E-state index contributed by atoms with van der Waals surface area (Å²) >= 11 is 0. The van der Waals surface area contributed by atoms with Gasteiger partial charge in [-0.25, -0.2) is 8.42 Å². The Morgan fingerprint density at radius 3 is 0.857 bits per heavy atom. The molecule has 6 aromatic rings. The minimum atomic E-state index is -3.37. The Kier molecular flexibility index (Phi) is 12.6. The summed E-state index contributed by atoms with van der Waals surface area (Å²) < 4.78 is 24.5. The van der Waals surface area contributed by atoms with Crippen molar-refractivity contribution >= 4 is 9.84 Å². The van der Waals surface area contributed by atoms with Gasteiger partial charge in [-0.3, -0.25) is 0 Å². The molecule has 252 valence electrons. The zero-order valence-electron chi connectivity index (χ0n) is 30.3. The van der Waals surface area contributed by atoms with E-state index in [9.17, 15) is 8.42 Å². The van der Waals surface area contributed by atoms with E-state index in [1.54, 1.807) is 48.5 Å². The quantitative estimate of drug-likeness (QED) is 0.177. The van der Waals surface area contributed by atoms with Crippen molar-refractivity contribution in [1.29, 1.82) is 0 Å². The Morgan fingerprint density at radius 1 is 0.367 bits per heavy atom. The first-order valence-corrected chi connectivity index (χ1v) is 18.4. The molecule has 6 aromatic carbocycles. The largest absolute Gasteiger partial charge is 0.219 e. The van der Waals surface area contributed by atoms with E-state index in [0.717, 1.165) is 17.5 Å². The van der Waals surface area contributed by atoms with Gasteiger partial charge < -0.3 is 0 Å². The monoisotopic (exact) mass is 666 g/mol. The van der Waals surface area contributed by atoms with E-state index in [4.69, 9.17) is 0 Å². The summed E-state index contributed by atoms with van der Waals surface area (Å²) in [5.41, 5.74) is 12.9. The fourth-order valence-electron chi connectivity index (χ4n) is 5.33. The third-order valence-electron chi connectivity index (χ3n) is 8.86. The molecular weight excluding hydrogens is 617 g/mol. The smallest absolute Gasteiger partial charge is 0.206 e. The topological polar surface area (TPSA) is 34.1 Å². The Morgan fingerprint density at radius 2 is 0.592 bits per heavy atom. The van der Waals surface area contributed by atoms with Gasteiger partial charge >= 0.3 is 0 Å². The van der Waals surface area contributed by atoms with Crippen molar-refractivity contribution < 1.29 is 8.42 Å². The highest BCUT2D eigenvalue weighted by atomic mass is 32.2. The van der Waals surface area contributed by atoms with Gasteiger partial charge in [-0.1, -0.05) is 169 Å². The van der Waals surface area contributed by atoms with Crippen molar-refractivity contribution in [2.75, 3.05) is 0 Å². The van der Waals surface area contributed by atoms with Crippen LogP contribution in [0.2, 0.25) is 0 Å². The molecule has 0 saturated heterocycles. The first-order chi connectivity index (χ1) is 23.2. The Labute approximate surface area is 295 Å². The molecule has 0 fully saturated rings. The zero-order valence-corrected chi connectivity index (χ0v) is 31.1. The molecule has 49 heavy (non-hydrogen) atoms. The minimum Gasteiger partial charge on any atom is -0.219 e. The summed E-state index contributed by atoms with van der Waals surface area (Å²) in [6.45, 7) is 16.9. The summed E-state index contributed by atoms with van der Waals surface area (Å²) in [7, 11) is -3.37. The second-order valence-electron chi connectivity index (χ2n) is 13.6. The molecule has 0 N–H and O–H groups in total. The molecule has 0 radical (unpaired) electrons. The first kappa shape index (κ1) is 37.1. The van der Waals surface area contributed by atoms with E-state index in [0.29, 0.717) is 9.79 Å². The van der Waals surface area contributed by atoms with Crippen LogP contribution >= 0.6 is 0 Å². The van der Waals surface area contributed by atoms with Crippen molar-refractivity contribution in [2.45, 2.75) is 77.0 Å². The van der Waals surface area contributed by atoms with E-state index in [2.05, 4.69) is 139 Å². The number of benzene rings is 6. The van der Waals surface area contributed by atoms with Crippen LogP contribution in [-0.2, 0) is 21.7 Å². The van der Waals surface area contributed by atoms with Crippen molar-refractivity contribution in [3.63, 3.8) is 0 Å². The summed E-state index contributed by atoms with van der Waals surface area (Å²) in [6, 6.07) is 49.0. The molecule has 0 bridgehead atoms. The lowest BCUT2D eigenvalue weighted by Gasteiger charge is -2.26. The van der Waals surface area contributed by atoms with Crippen LogP contribution < -0.4 is 0 Å². The Balaban J connectivity index is 0.000000166. The van der Waals surface area contributed by atoms with Gasteiger partial charge in [0.25, 0.3) is 0 Å². The summed E-state index contributed by atoms with van der Waals surface area (Å²) in [6.07, 6.45) is 1.03. The van der Waals surface area contributed by atoms with Crippen LogP contribution in [0.5, 0.6) is 0 Å². The molecule has 3 heteroatoms. The van der Waals surface area contributed by atoms with Gasteiger partial charge in [-0.05, 0) is 94.5 Å². The predicted octanol–water partition coefficient (Wildman–Crippen LogP) is 11.7. The molecule has 2 nitrogen and oxygen atoms in total. The highest BCUT2D eigenvalue weighted by molar-refractivity contribution is 7.91. The third kappa shape index (κ3) is 10.6. The summed E-state index contributed by atoms with van der Waals surface area (Å²) in [4.78, 5) is 0.680. The van der Waals surface area contributed by atoms with Crippen LogP contribution in [0.15, 0.2) is 155 Å². The van der Waals surface area contributed by atoms with E-state index in [-0.39, 0.29) is 5.41 Å². The molecule has 0 aliphatic heterocycles. The highest BCUT2D eigenvalue weighted by Crippen LogP contribution is 2.31. The maximum atomic E-state index is 12.3. The van der Waals surface area contributed by atoms with Crippen molar-refractivity contribution in [1.82, 2.24) is 0 Å². The van der Waals surface area contributed by atoms with Gasteiger partial charge in [0.1, 0.15) is 0 Å². The second-order valence-corrected chi connectivity index (χ2v) is 15.6. The fraction of sp³-hybridized carbons (Fsp3) is 0.217. The molecular formula is C46H50O2S. The molecule has 0 unspecified atom stereocenters. The fourth-order valence-corrected chi connectivity index (χ4v) is 6.59. The molecule has 0 aliphatic carbocycles. The van der Waals surface area contributed by atoms with Gasteiger partial charge in [0.15, 0.2) is 0 Å². The van der Waals surface area contributed by atoms with Crippen molar-refractivity contribution in [2.24, 2.45) is 0 Å². The molecule has 0 spiro atoms.